The Morgan fingerprint density at radius 1 is 1.06 bits per heavy atom. The molecule has 0 heterocycles. The van der Waals surface area contributed by atoms with Gasteiger partial charge in [-0.1, -0.05) is 6.07 Å². The highest BCUT2D eigenvalue weighted by atomic mass is 16.5. The maximum atomic E-state index is 8.77. The van der Waals surface area contributed by atoms with Gasteiger partial charge in [-0.05, 0) is 11.6 Å². The quantitative estimate of drug-likeness (QED) is 0.770. The van der Waals surface area contributed by atoms with Gasteiger partial charge in [-0.25, -0.2) is 0 Å². The minimum Gasteiger partial charge on any atom is -0.493 e. The summed E-state index contributed by atoms with van der Waals surface area (Å²) in [4.78, 5) is 0. The van der Waals surface area contributed by atoms with Crippen LogP contribution in [0.25, 0.3) is 0 Å². The molecule has 1 aromatic rings. The van der Waals surface area contributed by atoms with Crippen LogP contribution in [0.4, 0.5) is 0 Å². The van der Waals surface area contributed by atoms with Crippen molar-refractivity contribution < 1.29 is 9.47 Å². The second-order valence-corrected chi connectivity index (χ2v) is 3.11. The molecule has 0 fully saturated rings. The summed E-state index contributed by atoms with van der Waals surface area (Å²) in [6, 6.07) is 7.66. The highest BCUT2D eigenvalue weighted by Gasteiger charge is 2.14. The summed E-state index contributed by atoms with van der Waals surface area (Å²) in [6.45, 7) is 0. The summed E-state index contributed by atoms with van der Waals surface area (Å²) in [7, 11) is 3.06. The number of benzene rings is 1. The molecular weight excluding hydrogens is 204 g/mol. The van der Waals surface area contributed by atoms with E-state index in [2.05, 4.69) is 12.1 Å². The van der Waals surface area contributed by atoms with Gasteiger partial charge in [0, 0.05) is 5.56 Å². The van der Waals surface area contributed by atoms with Crippen LogP contribution in [0, 0.1) is 22.7 Å². The number of ether oxygens (including phenoxy) is 2. The molecule has 0 aliphatic rings. The van der Waals surface area contributed by atoms with Crippen LogP contribution >= 0.6 is 0 Å². The zero-order chi connectivity index (χ0) is 12.0. The molecule has 4 heteroatoms. The molecule has 1 aromatic carbocycles. The molecule has 0 saturated heterocycles. The Balaban J connectivity index is 3.33. The van der Waals surface area contributed by atoms with Gasteiger partial charge in [-0.3, -0.25) is 0 Å². The van der Waals surface area contributed by atoms with Gasteiger partial charge in [0.05, 0.1) is 39.2 Å². The van der Waals surface area contributed by atoms with Crippen molar-refractivity contribution >= 4 is 0 Å². The molecule has 82 valence electrons. The van der Waals surface area contributed by atoms with Crippen LogP contribution in [0.5, 0.6) is 11.5 Å². The van der Waals surface area contributed by atoms with Crippen molar-refractivity contribution in [3.63, 3.8) is 0 Å². The van der Waals surface area contributed by atoms with Gasteiger partial charge in [-0.15, -0.1) is 0 Å². The van der Waals surface area contributed by atoms with Crippen LogP contribution in [-0.2, 0) is 12.8 Å². The maximum absolute atomic E-state index is 8.77. The molecule has 1 rings (SSSR count). The molecule has 0 saturated carbocycles. The predicted octanol–water partition coefficient (Wildman–Crippen LogP) is 1.84. The first kappa shape index (κ1) is 11.9. The summed E-state index contributed by atoms with van der Waals surface area (Å²) in [5, 5.41) is 17.5. The minimum atomic E-state index is 0.206. The monoisotopic (exact) mass is 216 g/mol. The van der Waals surface area contributed by atoms with Gasteiger partial charge in [0.25, 0.3) is 0 Å². The third kappa shape index (κ3) is 2.24. The van der Waals surface area contributed by atoms with Gasteiger partial charge in [0.15, 0.2) is 11.5 Å². The van der Waals surface area contributed by atoms with Crippen molar-refractivity contribution in [3.05, 3.63) is 23.3 Å². The third-order valence-electron chi connectivity index (χ3n) is 2.27. The summed E-state index contributed by atoms with van der Waals surface area (Å²) in [6.07, 6.45) is 0.467. The van der Waals surface area contributed by atoms with E-state index in [1.807, 2.05) is 0 Å². The molecule has 0 aliphatic carbocycles. The SMILES string of the molecule is COc1ccc(CC#N)c(CC#N)c1OC. The molecule has 0 bridgehead atoms. The van der Waals surface area contributed by atoms with Crippen LogP contribution in [0.1, 0.15) is 11.1 Å². The average Bonchev–Trinajstić information content (AvgIpc) is 2.31. The first-order chi connectivity index (χ1) is 7.78. The van der Waals surface area contributed by atoms with E-state index in [4.69, 9.17) is 20.0 Å². The molecule has 0 N–H and O–H groups in total. The van der Waals surface area contributed by atoms with Gasteiger partial charge in [0.2, 0.25) is 0 Å². The zero-order valence-corrected chi connectivity index (χ0v) is 9.28. The lowest BCUT2D eigenvalue weighted by Crippen LogP contribution is -2.00. The van der Waals surface area contributed by atoms with Crippen LogP contribution in [0.2, 0.25) is 0 Å². The van der Waals surface area contributed by atoms with Gasteiger partial charge < -0.3 is 9.47 Å². The predicted molar refractivity (Wildman–Crippen MR) is 58.2 cm³/mol. The highest BCUT2D eigenvalue weighted by molar-refractivity contribution is 5.52. The Bertz CT molecular complexity index is 455. The zero-order valence-electron chi connectivity index (χ0n) is 9.28. The number of nitrogens with zero attached hydrogens (tertiary/aromatic N) is 2. The van der Waals surface area contributed by atoms with Crippen molar-refractivity contribution in [2.45, 2.75) is 12.8 Å². The van der Waals surface area contributed by atoms with E-state index >= 15 is 0 Å². The maximum Gasteiger partial charge on any atom is 0.165 e. The van der Waals surface area contributed by atoms with E-state index in [9.17, 15) is 0 Å². The first-order valence-electron chi connectivity index (χ1n) is 4.75. The van der Waals surface area contributed by atoms with Crippen LogP contribution < -0.4 is 9.47 Å². The summed E-state index contributed by atoms with van der Waals surface area (Å²) < 4.78 is 10.4. The largest absolute Gasteiger partial charge is 0.493 e. The van der Waals surface area contributed by atoms with Crippen molar-refractivity contribution in [1.82, 2.24) is 0 Å². The van der Waals surface area contributed by atoms with Gasteiger partial charge >= 0.3 is 0 Å². The van der Waals surface area contributed by atoms with Crippen LogP contribution in [-0.4, -0.2) is 14.2 Å². The number of hydrogen-bond donors (Lipinski definition) is 0. The van der Waals surface area contributed by atoms with E-state index in [-0.39, 0.29) is 12.8 Å². The number of hydrogen-bond acceptors (Lipinski definition) is 4. The van der Waals surface area contributed by atoms with E-state index in [1.165, 1.54) is 14.2 Å². The number of nitriles is 2. The Morgan fingerprint density at radius 2 is 1.75 bits per heavy atom. The van der Waals surface area contributed by atoms with E-state index in [1.54, 1.807) is 12.1 Å². The fourth-order valence-corrected chi connectivity index (χ4v) is 1.56. The molecule has 0 atom stereocenters. The molecule has 16 heavy (non-hydrogen) atoms. The topological polar surface area (TPSA) is 66.0 Å². The molecule has 0 aliphatic heterocycles. The lowest BCUT2D eigenvalue weighted by atomic mass is 10.0. The van der Waals surface area contributed by atoms with E-state index in [0.29, 0.717) is 11.5 Å². The second kappa shape index (κ2) is 5.63. The molecule has 0 amide bonds. The lowest BCUT2D eigenvalue weighted by Gasteiger charge is -2.13. The Kier molecular flexibility index (Phi) is 4.17. The second-order valence-electron chi connectivity index (χ2n) is 3.11. The van der Waals surface area contributed by atoms with Crippen molar-refractivity contribution in [1.29, 1.82) is 10.5 Å². The number of rotatable bonds is 4. The standard InChI is InChI=1S/C12H12N2O2/c1-15-11-4-3-9(5-7-13)10(6-8-14)12(11)16-2/h3-4H,5-6H2,1-2H3. The lowest BCUT2D eigenvalue weighted by molar-refractivity contribution is 0.352. The molecule has 4 nitrogen and oxygen atoms in total. The smallest absolute Gasteiger partial charge is 0.165 e. The molecule has 0 unspecified atom stereocenters. The Labute approximate surface area is 94.6 Å². The van der Waals surface area contributed by atoms with E-state index < -0.39 is 0 Å². The molecule has 0 spiro atoms. The van der Waals surface area contributed by atoms with Gasteiger partial charge in [-0.2, -0.15) is 10.5 Å². The normalized spacial score (nSPS) is 9.00. The molecular formula is C12H12N2O2. The Morgan fingerprint density at radius 3 is 2.25 bits per heavy atom. The fourth-order valence-electron chi connectivity index (χ4n) is 1.56. The third-order valence-corrected chi connectivity index (χ3v) is 2.27. The van der Waals surface area contributed by atoms with Crippen LogP contribution in [0.3, 0.4) is 0 Å². The molecule has 0 radical (unpaired) electrons. The van der Waals surface area contributed by atoms with Crippen molar-refractivity contribution in [2.24, 2.45) is 0 Å². The highest BCUT2D eigenvalue weighted by Crippen LogP contribution is 2.33. The van der Waals surface area contributed by atoms with Crippen LogP contribution in [0.15, 0.2) is 12.1 Å². The Hall–Kier alpha value is -2.20. The number of methoxy groups -OCH3 is 2. The van der Waals surface area contributed by atoms with Crippen molar-refractivity contribution in [2.75, 3.05) is 14.2 Å². The average molecular weight is 216 g/mol. The molecule has 0 aromatic heterocycles. The summed E-state index contributed by atoms with van der Waals surface area (Å²) in [5.74, 6) is 1.12. The summed E-state index contributed by atoms with van der Waals surface area (Å²) >= 11 is 0. The summed E-state index contributed by atoms with van der Waals surface area (Å²) in [5.41, 5.74) is 1.53. The fraction of sp³-hybridized carbons (Fsp3) is 0.333. The van der Waals surface area contributed by atoms with Gasteiger partial charge in [0.1, 0.15) is 0 Å². The van der Waals surface area contributed by atoms with E-state index in [0.717, 1.165) is 11.1 Å². The first-order valence-corrected chi connectivity index (χ1v) is 4.75. The minimum absolute atomic E-state index is 0.206. The van der Waals surface area contributed by atoms with Crippen molar-refractivity contribution in [3.8, 4) is 23.6 Å².